The molecule has 7 nitrogen and oxygen atoms in total. The Morgan fingerprint density at radius 3 is 2.61 bits per heavy atom. The summed E-state index contributed by atoms with van der Waals surface area (Å²) in [7, 11) is 1.36. The number of carbonyl (C=O) groups excluding carboxylic acids is 2. The normalized spacial score (nSPS) is 18.6. The van der Waals surface area contributed by atoms with Crippen LogP contribution in [0.2, 0.25) is 0 Å². The van der Waals surface area contributed by atoms with Crippen molar-refractivity contribution in [3.05, 3.63) is 63.9 Å². The van der Waals surface area contributed by atoms with Gasteiger partial charge < -0.3 is 9.64 Å². The van der Waals surface area contributed by atoms with E-state index in [9.17, 15) is 9.59 Å². The van der Waals surface area contributed by atoms with Crippen molar-refractivity contribution in [2.45, 2.75) is 38.6 Å². The quantitative estimate of drug-likeness (QED) is 0.573. The van der Waals surface area contributed by atoms with Gasteiger partial charge in [-0.25, -0.2) is 19.7 Å². The van der Waals surface area contributed by atoms with Gasteiger partial charge in [-0.1, -0.05) is 18.2 Å². The van der Waals surface area contributed by atoms with Crippen molar-refractivity contribution in [3.63, 3.8) is 0 Å². The molecular formula is C23H24N4O3S. The van der Waals surface area contributed by atoms with E-state index in [2.05, 4.69) is 21.9 Å². The van der Waals surface area contributed by atoms with Gasteiger partial charge >= 0.3 is 5.97 Å². The third kappa shape index (κ3) is 4.20. The standard InChI is InChI=1S/C23H24N4O3S/c1-14-9-10-16(21-26-19(15(2)31-21)23(29)30-3)13-27(14)22(28)18-8-5-4-7-17(18)20-24-11-6-12-25-20/h4-8,11-12,14,16H,9-10,13H2,1-3H3/t14-,16-/m1/s1. The van der Waals surface area contributed by atoms with E-state index < -0.39 is 5.97 Å². The second-order valence-electron chi connectivity index (χ2n) is 7.65. The molecule has 1 amide bonds. The molecule has 31 heavy (non-hydrogen) atoms. The Kier molecular flexibility index (Phi) is 6.08. The van der Waals surface area contributed by atoms with Crippen LogP contribution in [0, 0.1) is 6.92 Å². The van der Waals surface area contributed by atoms with Crippen LogP contribution >= 0.6 is 11.3 Å². The molecule has 1 aromatic carbocycles. The summed E-state index contributed by atoms with van der Waals surface area (Å²) in [5.41, 5.74) is 1.68. The minimum atomic E-state index is -0.422. The number of hydrogen-bond donors (Lipinski definition) is 0. The van der Waals surface area contributed by atoms with Gasteiger partial charge in [0.15, 0.2) is 11.5 Å². The molecule has 0 spiro atoms. The maximum Gasteiger partial charge on any atom is 0.357 e. The first-order valence-electron chi connectivity index (χ1n) is 10.2. The van der Waals surface area contributed by atoms with Crippen LogP contribution in [-0.4, -0.2) is 51.4 Å². The van der Waals surface area contributed by atoms with Gasteiger partial charge in [0, 0.05) is 41.3 Å². The number of nitrogens with zero attached hydrogens (tertiary/aromatic N) is 4. The topological polar surface area (TPSA) is 85.3 Å². The zero-order valence-electron chi connectivity index (χ0n) is 17.7. The lowest BCUT2D eigenvalue weighted by Gasteiger charge is -2.37. The van der Waals surface area contributed by atoms with Crippen LogP contribution in [0.1, 0.15) is 56.4 Å². The molecule has 0 unspecified atom stereocenters. The summed E-state index contributed by atoms with van der Waals surface area (Å²) in [6, 6.07) is 9.31. The molecule has 8 heteroatoms. The molecule has 2 atom stereocenters. The van der Waals surface area contributed by atoms with Crippen LogP contribution in [0.25, 0.3) is 11.4 Å². The summed E-state index contributed by atoms with van der Waals surface area (Å²) in [5, 5.41) is 0.877. The van der Waals surface area contributed by atoms with Crippen molar-refractivity contribution in [3.8, 4) is 11.4 Å². The van der Waals surface area contributed by atoms with Gasteiger partial charge in [-0.2, -0.15) is 0 Å². The molecule has 2 aromatic heterocycles. The summed E-state index contributed by atoms with van der Waals surface area (Å²) in [6.07, 6.45) is 5.13. The highest BCUT2D eigenvalue weighted by Crippen LogP contribution is 2.35. The molecule has 0 saturated carbocycles. The van der Waals surface area contributed by atoms with Crippen LogP contribution in [0.5, 0.6) is 0 Å². The molecule has 4 rings (SSSR count). The average molecular weight is 437 g/mol. The fraction of sp³-hybridized carbons (Fsp3) is 0.348. The number of aromatic nitrogens is 3. The molecule has 1 fully saturated rings. The fourth-order valence-electron chi connectivity index (χ4n) is 3.93. The van der Waals surface area contributed by atoms with E-state index in [4.69, 9.17) is 4.74 Å². The molecule has 1 aliphatic rings. The molecule has 0 bridgehead atoms. The Bertz CT molecular complexity index is 1100. The van der Waals surface area contributed by atoms with Crippen molar-refractivity contribution >= 4 is 23.2 Å². The van der Waals surface area contributed by atoms with Crippen molar-refractivity contribution in [1.29, 1.82) is 0 Å². The highest BCUT2D eigenvalue weighted by Gasteiger charge is 2.33. The number of carbonyl (C=O) groups is 2. The Hall–Kier alpha value is -3.13. The maximum absolute atomic E-state index is 13.6. The van der Waals surface area contributed by atoms with Crippen LogP contribution in [-0.2, 0) is 4.74 Å². The zero-order valence-corrected chi connectivity index (χ0v) is 18.6. The summed E-state index contributed by atoms with van der Waals surface area (Å²) >= 11 is 1.51. The predicted molar refractivity (Wildman–Crippen MR) is 118 cm³/mol. The number of methoxy groups -OCH3 is 1. The van der Waals surface area contributed by atoms with Crippen molar-refractivity contribution in [2.75, 3.05) is 13.7 Å². The Morgan fingerprint density at radius 2 is 1.87 bits per heavy atom. The number of amides is 1. The van der Waals surface area contributed by atoms with Crippen LogP contribution in [0.4, 0.5) is 0 Å². The van der Waals surface area contributed by atoms with E-state index in [1.165, 1.54) is 18.4 Å². The molecule has 160 valence electrons. The molecule has 0 radical (unpaired) electrons. The monoisotopic (exact) mass is 436 g/mol. The number of ether oxygens (including phenoxy) is 1. The van der Waals surface area contributed by atoms with E-state index in [1.807, 2.05) is 36.1 Å². The lowest BCUT2D eigenvalue weighted by molar-refractivity contribution is 0.0584. The fourth-order valence-corrected chi connectivity index (χ4v) is 4.96. The van der Waals surface area contributed by atoms with Gasteiger partial charge in [0.1, 0.15) is 0 Å². The molecule has 1 aliphatic heterocycles. The van der Waals surface area contributed by atoms with E-state index >= 15 is 0 Å². The molecule has 0 aliphatic carbocycles. The first-order valence-corrected chi connectivity index (χ1v) is 11.0. The maximum atomic E-state index is 13.6. The number of aryl methyl sites for hydroxylation is 1. The van der Waals surface area contributed by atoms with E-state index in [1.54, 1.807) is 18.5 Å². The third-order valence-corrected chi connectivity index (χ3v) is 6.78. The first kappa shape index (κ1) is 21.1. The van der Waals surface area contributed by atoms with Crippen molar-refractivity contribution in [1.82, 2.24) is 19.9 Å². The summed E-state index contributed by atoms with van der Waals surface area (Å²) in [6.45, 7) is 4.50. The molecule has 0 N–H and O–H groups in total. The smallest absolute Gasteiger partial charge is 0.357 e. The summed E-state index contributed by atoms with van der Waals surface area (Å²) in [4.78, 5) is 41.5. The SMILES string of the molecule is COC(=O)c1nc([C@@H]2CC[C@@H](C)N(C(=O)c3ccccc3-c3ncccn3)C2)sc1C. The van der Waals surface area contributed by atoms with E-state index in [0.717, 1.165) is 28.3 Å². The Labute approximate surface area is 185 Å². The molecule has 1 saturated heterocycles. The van der Waals surface area contributed by atoms with Gasteiger partial charge in [0.05, 0.1) is 17.7 Å². The number of piperidine rings is 1. The summed E-state index contributed by atoms with van der Waals surface area (Å²) < 4.78 is 4.84. The zero-order chi connectivity index (χ0) is 22.0. The molecule has 3 heterocycles. The van der Waals surface area contributed by atoms with Gasteiger partial charge in [-0.05, 0) is 38.8 Å². The Morgan fingerprint density at radius 1 is 1.13 bits per heavy atom. The second kappa shape index (κ2) is 8.93. The van der Waals surface area contributed by atoms with Crippen molar-refractivity contribution < 1.29 is 14.3 Å². The van der Waals surface area contributed by atoms with Crippen LogP contribution in [0.15, 0.2) is 42.7 Å². The second-order valence-corrected chi connectivity index (χ2v) is 8.88. The number of hydrogen-bond acceptors (Lipinski definition) is 7. The number of likely N-dealkylation sites (tertiary alicyclic amines) is 1. The lowest BCUT2D eigenvalue weighted by Crippen LogP contribution is -2.45. The number of benzene rings is 1. The van der Waals surface area contributed by atoms with Gasteiger partial charge in [0.2, 0.25) is 0 Å². The van der Waals surface area contributed by atoms with E-state index in [-0.39, 0.29) is 17.9 Å². The predicted octanol–water partition coefficient (Wildman–Crippen LogP) is 4.10. The van der Waals surface area contributed by atoms with Gasteiger partial charge in [-0.15, -0.1) is 11.3 Å². The van der Waals surface area contributed by atoms with E-state index in [0.29, 0.717) is 23.6 Å². The highest BCUT2D eigenvalue weighted by atomic mass is 32.1. The third-order valence-electron chi connectivity index (χ3n) is 5.65. The largest absolute Gasteiger partial charge is 0.464 e. The molecular weight excluding hydrogens is 412 g/mol. The van der Waals surface area contributed by atoms with Gasteiger partial charge in [0.25, 0.3) is 5.91 Å². The highest BCUT2D eigenvalue weighted by molar-refractivity contribution is 7.12. The minimum Gasteiger partial charge on any atom is -0.464 e. The minimum absolute atomic E-state index is 0.0401. The number of rotatable bonds is 4. The summed E-state index contributed by atoms with van der Waals surface area (Å²) in [5.74, 6) is 0.156. The van der Waals surface area contributed by atoms with Crippen LogP contribution in [0.3, 0.4) is 0 Å². The van der Waals surface area contributed by atoms with Gasteiger partial charge in [-0.3, -0.25) is 4.79 Å². The van der Waals surface area contributed by atoms with Crippen LogP contribution < -0.4 is 0 Å². The number of esters is 1. The lowest BCUT2D eigenvalue weighted by atomic mass is 9.92. The number of thiazole rings is 1. The van der Waals surface area contributed by atoms with Crippen molar-refractivity contribution in [2.24, 2.45) is 0 Å². The first-order chi connectivity index (χ1) is 15.0. The average Bonchev–Trinajstić information content (AvgIpc) is 3.20. The molecule has 3 aromatic rings. The Balaban J connectivity index is 1.62.